The summed E-state index contributed by atoms with van der Waals surface area (Å²) in [5.74, 6) is -2.17. The van der Waals surface area contributed by atoms with Gasteiger partial charge in [0.2, 0.25) is 5.91 Å². The Kier molecular flexibility index (Phi) is 5.13. The molecule has 3 atom stereocenters. The van der Waals surface area contributed by atoms with E-state index in [9.17, 15) is 18.7 Å². The summed E-state index contributed by atoms with van der Waals surface area (Å²) in [6.45, 7) is -0.0484. The fraction of sp³-hybridized carbons (Fsp3) is 0.350. The zero-order chi connectivity index (χ0) is 18.0. The smallest absolute Gasteiger partial charge is 0.226 e. The Bertz CT molecular complexity index is 730. The average molecular weight is 345 g/mol. The molecule has 5 heteroatoms. The molecule has 25 heavy (non-hydrogen) atoms. The van der Waals surface area contributed by atoms with Crippen LogP contribution in [0, 0.1) is 17.6 Å². The number of aliphatic hydroxyl groups is 1. The Morgan fingerprint density at radius 3 is 2.40 bits per heavy atom. The van der Waals surface area contributed by atoms with Crippen molar-refractivity contribution in [3.8, 4) is 0 Å². The third-order valence-corrected chi connectivity index (χ3v) is 4.88. The Hall–Kier alpha value is -2.27. The standard InChI is InChI=1S/C20H21F2NO2/c1-23(18(10-11-24)13-6-3-2-4-7-13)20(25)15-12-14(15)19-16(21)8-5-9-17(19)22/h2-9,14-15,18,24H,10-12H2,1H3. The molecule has 1 N–H and O–H groups in total. The molecule has 0 aliphatic heterocycles. The van der Waals surface area contributed by atoms with Crippen LogP contribution < -0.4 is 0 Å². The number of aliphatic hydroxyl groups excluding tert-OH is 1. The summed E-state index contributed by atoms with van der Waals surface area (Å²) in [6, 6.07) is 13.0. The van der Waals surface area contributed by atoms with Gasteiger partial charge in [0, 0.05) is 31.1 Å². The van der Waals surface area contributed by atoms with Gasteiger partial charge >= 0.3 is 0 Å². The molecule has 1 aliphatic rings. The molecule has 0 aromatic heterocycles. The van der Waals surface area contributed by atoms with E-state index in [1.54, 1.807) is 11.9 Å². The molecule has 3 unspecified atom stereocenters. The van der Waals surface area contributed by atoms with Crippen molar-refractivity contribution in [1.29, 1.82) is 0 Å². The van der Waals surface area contributed by atoms with Crippen LogP contribution in [-0.2, 0) is 4.79 Å². The molecular weight excluding hydrogens is 324 g/mol. The maximum absolute atomic E-state index is 13.9. The minimum atomic E-state index is -0.599. The second kappa shape index (κ2) is 7.31. The fourth-order valence-corrected chi connectivity index (χ4v) is 3.45. The molecule has 0 spiro atoms. The summed E-state index contributed by atoms with van der Waals surface area (Å²) >= 11 is 0. The van der Waals surface area contributed by atoms with Crippen LogP contribution in [0.15, 0.2) is 48.5 Å². The molecule has 1 aliphatic carbocycles. The monoisotopic (exact) mass is 345 g/mol. The van der Waals surface area contributed by atoms with E-state index in [0.717, 1.165) is 5.56 Å². The lowest BCUT2D eigenvalue weighted by Crippen LogP contribution is -2.33. The molecule has 1 amide bonds. The third kappa shape index (κ3) is 3.56. The van der Waals surface area contributed by atoms with Crippen molar-refractivity contribution in [3.63, 3.8) is 0 Å². The third-order valence-electron chi connectivity index (χ3n) is 4.88. The maximum atomic E-state index is 13.9. The van der Waals surface area contributed by atoms with E-state index in [4.69, 9.17) is 0 Å². The van der Waals surface area contributed by atoms with E-state index < -0.39 is 23.5 Å². The predicted octanol–water partition coefficient (Wildman–Crippen LogP) is 3.65. The Labute approximate surface area is 145 Å². The quantitative estimate of drug-likeness (QED) is 0.868. The number of hydrogen-bond acceptors (Lipinski definition) is 2. The molecule has 0 saturated heterocycles. The van der Waals surface area contributed by atoms with Crippen LogP contribution in [0.4, 0.5) is 8.78 Å². The molecule has 1 saturated carbocycles. The van der Waals surface area contributed by atoms with E-state index >= 15 is 0 Å². The van der Waals surface area contributed by atoms with Gasteiger partial charge in [0.15, 0.2) is 0 Å². The Morgan fingerprint density at radius 1 is 1.16 bits per heavy atom. The zero-order valence-corrected chi connectivity index (χ0v) is 14.0. The SMILES string of the molecule is CN(C(=O)C1CC1c1c(F)cccc1F)C(CCO)c1ccccc1. The van der Waals surface area contributed by atoms with Crippen molar-refractivity contribution < 1.29 is 18.7 Å². The summed E-state index contributed by atoms with van der Waals surface area (Å²) in [5, 5.41) is 9.35. The second-order valence-electron chi connectivity index (χ2n) is 6.47. The predicted molar refractivity (Wildman–Crippen MR) is 90.9 cm³/mol. The van der Waals surface area contributed by atoms with Crippen molar-refractivity contribution in [2.24, 2.45) is 5.92 Å². The lowest BCUT2D eigenvalue weighted by Gasteiger charge is -2.28. The van der Waals surface area contributed by atoms with Crippen LogP contribution in [-0.4, -0.2) is 29.6 Å². The maximum Gasteiger partial charge on any atom is 0.226 e. The summed E-state index contributed by atoms with van der Waals surface area (Å²) in [6.07, 6.45) is 0.860. The normalized spacial score (nSPS) is 20.2. The van der Waals surface area contributed by atoms with Gasteiger partial charge in [-0.1, -0.05) is 36.4 Å². The Balaban J connectivity index is 1.77. The van der Waals surface area contributed by atoms with Crippen molar-refractivity contribution in [3.05, 3.63) is 71.3 Å². The van der Waals surface area contributed by atoms with Crippen LogP contribution in [0.3, 0.4) is 0 Å². The number of halogens is 2. The van der Waals surface area contributed by atoms with Crippen molar-refractivity contribution >= 4 is 5.91 Å². The summed E-state index contributed by atoms with van der Waals surface area (Å²) in [5.41, 5.74) is 0.939. The van der Waals surface area contributed by atoms with Crippen LogP contribution in [0.25, 0.3) is 0 Å². The van der Waals surface area contributed by atoms with Crippen molar-refractivity contribution in [2.75, 3.05) is 13.7 Å². The molecule has 0 bridgehead atoms. The van der Waals surface area contributed by atoms with Crippen LogP contribution in [0.5, 0.6) is 0 Å². The topological polar surface area (TPSA) is 40.5 Å². The lowest BCUT2D eigenvalue weighted by molar-refractivity contribution is -0.133. The highest BCUT2D eigenvalue weighted by Gasteiger charge is 2.48. The molecule has 2 aromatic rings. The first-order chi connectivity index (χ1) is 12.0. The van der Waals surface area contributed by atoms with Crippen molar-refractivity contribution in [2.45, 2.75) is 24.8 Å². The van der Waals surface area contributed by atoms with Gasteiger partial charge in [0.25, 0.3) is 0 Å². The Morgan fingerprint density at radius 2 is 1.80 bits per heavy atom. The average Bonchev–Trinajstić information content (AvgIpc) is 3.39. The van der Waals surface area contributed by atoms with Gasteiger partial charge in [-0.3, -0.25) is 4.79 Å². The number of hydrogen-bond donors (Lipinski definition) is 1. The highest BCUT2D eigenvalue weighted by molar-refractivity contribution is 5.83. The molecule has 0 heterocycles. The first-order valence-electron chi connectivity index (χ1n) is 8.41. The largest absolute Gasteiger partial charge is 0.396 e. The molecule has 3 nitrogen and oxygen atoms in total. The highest BCUT2D eigenvalue weighted by atomic mass is 19.1. The van der Waals surface area contributed by atoms with Gasteiger partial charge in [-0.25, -0.2) is 8.78 Å². The van der Waals surface area contributed by atoms with Gasteiger partial charge in [0.1, 0.15) is 11.6 Å². The first kappa shape index (κ1) is 17.5. The fourth-order valence-electron chi connectivity index (χ4n) is 3.45. The van der Waals surface area contributed by atoms with Crippen LogP contribution in [0.1, 0.15) is 35.9 Å². The number of amides is 1. The van der Waals surface area contributed by atoms with Crippen molar-refractivity contribution in [1.82, 2.24) is 4.90 Å². The number of nitrogens with zero attached hydrogens (tertiary/aromatic N) is 1. The van der Waals surface area contributed by atoms with E-state index in [-0.39, 0.29) is 24.1 Å². The van der Waals surface area contributed by atoms with E-state index in [2.05, 4.69) is 0 Å². The molecule has 2 aromatic carbocycles. The molecule has 0 radical (unpaired) electrons. The minimum Gasteiger partial charge on any atom is -0.396 e. The van der Waals surface area contributed by atoms with Crippen LogP contribution in [0.2, 0.25) is 0 Å². The molecule has 1 fully saturated rings. The summed E-state index contributed by atoms with van der Waals surface area (Å²) < 4.78 is 27.9. The van der Waals surface area contributed by atoms with E-state index in [1.807, 2.05) is 30.3 Å². The first-order valence-corrected chi connectivity index (χ1v) is 8.41. The number of rotatable bonds is 6. The number of carbonyl (C=O) groups is 1. The number of benzene rings is 2. The lowest BCUT2D eigenvalue weighted by atomic mass is 10.0. The summed E-state index contributed by atoms with van der Waals surface area (Å²) in [4.78, 5) is 14.4. The van der Waals surface area contributed by atoms with E-state index in [0.29, 0.717) is 12.8 Å². The van der Waals surface area contributed by atoms with Gasteiger partial charge in [0.05, 0.1) is 6.04 Å². The van der Waals surface area contributed by atoms with Crippen LogP contribution >= 0.6 is 0 Å². The molecule has 132 valence electrons. The van der Waals surface area contributed by atoms with Gasteiger partial charge < -0.3 is 10.0 Å². The highest BCUT2D eigenvalue weighted by Crippen LogP contribution is 2.50. The van der Waals surface area contributed by atoms with Gasteiger partial charge in [-0.05, 0) is 30.5 Å². The number of carbonyl (C=O) groups excluding carboxylic acids is 1. The molecular formula is C20H21F2NO2. The minimum absolute atomic E-state index is 0.00710. The van der Waals surface area contributed by atoms with Gasteiger partial charge in [-0.15, -0.1) is 0 Å². The summed E-state index contributed by atoms with van der Waals surface area (Å²) in [7, 11) is 1.68. The van der Waals surface area contributed by atoms with Gasteiger partial charge in [-0.2, -0.15) is 0 Å². The van der Waals surface area contributed by atoms with E-state index in [1.165, 1.54) is 18.2 Å². The second-order valence-corrected chi connectivity index (χ2v) is 6.47. The molecule has 3 rings (SSSR count). The zero-order valence-electron chi connectivity index (χ0n) is 14.0.